The van der Waals surface area contributed by atoms with Crippen LogP contribution in [0.3, 0.4) is 0 Å². The Hall–Kier alpha value is -3.58. The van der Waals surface area contributed by atoms with Crippen molar-refractivity contribution in [1.82, 2.24) is 4.57 Å². The molecule has 0 aliphatic heterocycles. The zero-order valence-electron chi connectivity index (χ0n) is 18.0. The van der Waals surface area contributed by atoms with E-state index in [0.29, 0.717) is 5.92 Å². The van der Waals surface area contributed by atoms with Gasteiger partial charge in [-0.15, -0.1) is 0 Å². The van der Waals surface area contributed by atoms with Gasteiger partial charge < -0.3 is 4.57 Å². The smallest absolute Gasteiger partial charge is 0.0625 e. The number of rotatable bonds is 3. The summed E-state index contributed by atoms with van der Waals surface area (Å²) in [5.74, 6) is 0.542. The molecule has 0 fully saturated rings. The van der Waals surface area contributed by atoms with Crippen molar-refractivity contribution in [2.24, 2.45) is 0 Å². The largest absolute Gasteiger partial charge is 0.309 e. The van der Waals surface area contributed by atoms with Gasteiger partial charge in [0.1, 0.15) is 0 Å². The van der Waals surface area contributed by atoms with Crippen molar-refractivity contribution < 1.29 is 0 Å². The lowest BCUT2D eigenvalue weighted by atomic mass is 9.95. The Labute approximate surface area is 182 Å². The van der Waals surface area contributed by atoms with Gasteiger partial charge in [-0.2, -0.15) is 0 Å². The highest BCUT2D eigenvalue weighted by atomic mass is 15.0. The van der Waals surface area contributed by atoms with E-state index in [1.807, 2.05) is 0 Å². The molecule has 0 radical (unpaired) electrons. The molecule has 0 spiro atoms. The average molecular weight is 400 g/mol. The molecule has 0 aliphatic rings. The number of fused-ring (bicyclic) bond motifs is 8. The van der Waals surface area contributed by atoms with Crippen molar-refractivity contribution in [2.45, 2.75) is 26.2 Å². The average Bonchev–Trinajstić information content (AvgIpc) is 3.19. The Morgan fingerprint density at radius 1 is 0.645 bits per heavy atom. The first-order valence-corrected chi connectivity index (χ1v) is 11.2. The summed E-state index contributed by atoms with van der Waals surface area (Å²) in [7, 11) is 0. The normalized spacial score (nSPS) is 12.8. The Morgan fingerprint density at radius 3 is 1.97 bits per heavy atom. The van der Waals surface area contributed by atoms with Gasteiger partial charge in [0.15, 0.2) is 0 Å². The summed E-state index contributed by atoms with van der Waals surface area (Å²) in [5.41, 5.74) is 5.21. The molecule has 0 amide bonds. The van der Waals surface area contributed by atoms with Gasteiger partial charge in [0, 0.05) is 21.8 Å². The van der Waals surface area contributed by atoms with Crippen LogP contribution in [-0.2, 0) is 0 Å². The first kappa shape index (κ1) is 18.2. The van der Waals surface area contributed by atoms with Gasteiger partial charge in [-0.25, -0.2) is 0 Å². The first-order valence-electron chi connectivity index (χ1n) is 11.2. The highest BCUT2D eigenvalue weighted by Gasteiger charge is 2.19. The topological polar surface area (TPSA) is 4.93 Å². The SMILES string of the molecule is CCC(C)c1ccc2c3c4ccccc4c4ccccc4c3n(-c3ccccc3)c2c1. The fourth-order valence-electron chi connectivity index (χ4n) is 5.08. The molecule has 0 saturated carbocycles. The molecule has 6 rings (SSSR count). The Balaban J connectivity index is 1.93. The number of hydrogen-bond acceptors (Lipinski definition) is 0. The summed E-state index contributed by atoms with van der Waals surface area (Å²) < 4.78 is 2.48. The molecule has 31 heavy (non-hydrogen) atoms. The summed E-state index contributed by atoms with van der Waals surface area (Å²) >= 11 is 0. The maximum atomic E-state index is 2.48. The first-order chi connectivity index (χ1) is 15.3. The quantitative estimate of drug-likeness (QED) is 0.263. The lowest BCUT2D eigenvalue weighted by Crippen LogP contribution is -1.96. The monoisotopic (exact) mass is 399 g/mol. The van der Waals surface area contributed by atoms with Crippen molar-refractivity contribution in [3.63, 3.8) is 0 Å². The molecule has 0 saturated heterocycles. The van der Waals surface area contributed by atoms with Gasteiger partial charge >= 0.3 is 0 Å². The van der Waals surface area contributed by atoms with Gasteiger partial charge in [-0.05, 0) is 52.3 Å². The Morgan fingerprint density at radius 2 is 1.26 bits per heavy atom. The molecule has 0 bridgehead atoms. The van der Waals surface area contributed by atoms with Gasteiger partial charge in [-0.3, -0.25) is 0 Å². The summed E-state index contributed by atoms with van der Waals surface area (Å²) in [5, 5.41) is 7.95. The zero-order valence-corrected chi connectivity index (χ0v) is 18.0. The van der Waals surface area contributed by atoms with E-state index >= 15 is 0 Å². The molecular weight excluding hydrogens is 374 g/mol. The van der Waals surface area contributed by atoms with E-state index in [2.05, 4.69) is 115 Å². The van der Waals surface area contributed by atoms with Crippen molar-refractivity contribution in [1.29, 1.82) is 0 Å². The van der Waals surface area contributed by atoms with Crippen LogP contribution in [-0.4, -0.2) is 4.57 Å². The fourth-order valence-corrected chi connectivity index (χ4v) is 5.08. The van der Waals surface area contributed by atoms with Crippen LogP contribution < -0.4 is 0 Å². The number of benzene rings is 5. The molecule has 1 unspecified atom stereocenters. The van der Waals surface area contributed by atoms with E-state index in [-0.39, 0.29) is 0 Å². The minimum atomic E-state index is 0.542. The summed E-state index contributed by atoms with van der Waals surface area (Å²) in [6.45, 7) is 4.59. The van der Waals surface area contributed by atoms with Crippen LogP contribution in [0.2, 0.25) is 0 Å². The van der Waals surface area contributed by atoms with Gasteiger partial charge in [-0.1, -0.05) is 92.7 Å². The van der Waals surface area contributed by atoms with Crippen LogP contribution in [0.4, 0.5) is 0 Å². The number of para-hydroxylation sites is 1. The lowest BCUT2D eigenvalue weighted by Gasteiger charge is -2.13. The van der Waals surface area contributed by atoms with E-state index in [1.54, 1.807) is 0 Å². The fraction of sp³-hybridized carbons (Fsp3) is 0.133. The van der Waals surface area contributed by atoms with Crippen molar-refractivity contribution in [2.75, 3.05) is 0 Å². The van der Waals surface area contributed by atoms with Crippen LogP contribution in [0.15, 0.2) is 97.1 Å². The van der Waals surface area contributed by atoms with Crippen LogP contribution in [0.25, 0.3) is 49.0 Å². The molecule has 150 valence electrons. The molecule has 1 heteroatoms. The predicted octanol–water partition coefficient (Wildman–Crippen LogP) is 8.60. The molecule has 1 nitrogen and oxygen atoms in total. The number of nitrogens with zero attached hydrogens (tertiary/aromatic N) is 1. The summed E-state index contributed by atoms with van der Waals surface area (Å²) in [4.78, 5) is 0. The second-order valence-corrected chi connectivity index (χ2v) is 8.57. The van der Waals surface area contributed by atoms with E-state index < -0.39 is 0 Å². The highest BCUT2D eigenvalue weighted by Crippen LogP contribution is 2.42. The summed E-state index contributed by atoms with van der Waals surface area (Å²) in [6, 6.07) is 35.6. The van der Waals surface area contributed by atoms with Crippen molar-refractivity contribution in [3.8, 4) is 5.69 Å². The molecule has 1 atom stereocenters. The molecule has 0 N–H and O–H groups in total. The van der Waals surface area contributed by atoms with Gasteiger partial charge in [0.05, 0.1) is 11.0 Å². The molecule has 6 aromatic rings. The third-order valence-corrected chi connectivity index (χ3v) is 6.86. The highest BCUT2D eigenvalue weighted by molar-refractivity contribution is 6.32. The maximum Gasteiger partial charge on any atom is 0.0625 e. The van der Waals surface area contributed by atoms with E-state index in [1.165, 1.54) is 54.6 Å². The van der Waals surface area contributed by atoms with Crippen molar-refractivity contribution in [3.05, 3.63) is 103 Å². The Bertz CT molecular complexity index is 1570. The van der Waals surface area contributed by atoms with E-state index in [0.717, 1.165) is 6.42 Å². The van der Waals surface area contributed by atoms with Gasteiger partial charge in [0.2, 0.25) is 0 Å². The maximum absolute atomic E-state index is 2.48. The standard InChI is InChI=1S/C30H25N/c1-3-20(2)21-17-18-27-28(19-21)31(22-11-5-4-6-12-22)30-26-16-10-8-14-24(26)23-13-7-9-15-25(23)29(27)30/h4-20H,3H2,1-2H3. The summed E-state index contributed by atoms with van der Waals surface area (Å²) in [6.07, 6.45) is 1.14. The van der Waals surface area contributed by atoms with Gasteiger partial charge in [0.25, 0.3) is 0 Å². The van der Waals surface area contributed by atoms with Crippen LogP contribution in [0.1, 0.15) is 31.7 Å². The predicted molar refractivity (Wildman–Crippen MR) is 134 cm³/mol. The minimum Gasteiger partial charge on any atom is -0.309 e. The third-order valence-electron chi connectivity index (χ3n) is 6.86. The molecule has 1 heterocycles. The third kappa shape index (κ3) is 2.63. The van der Waals surface area contributed by atoms with Crippen LogP contribution in [0, 0.1) is 0 Å². The van der Waals surface area contributed by atoms with E-state index in [9.17, 15) is 0 Å². The molecule has 1 aromatic heterocycles. The number of hydrogen-bond donors (Lipinski definition) is 0. The van der Waals surface area contributed by atoms with E-state index in [4.69, 9.17) is 0 Å². The lowest BCUT2D eigenvalue weighted by molar-refractivity contribution is 0.734. The second-order valence-electron chi connectivity index (χ2n) is 8.57. The second kappa shape index (κ2) is 6.99. The van der Waals surface area contributed by atoms with Crippen LogP contribution in [0.5, 0.6) is 0 Å². The molecular formula is C30H25N. The van der Waals surface area contributed by atoms with Crippen LogP contribution >= 0.6 is 0 Å². The molecule has 0 aliphatic carbocycles. The van der Waals surface area contributed by atoms with Crippen molar-refractivity contribution >= 4 is 43.4 Å². The molecule has 5 aromatic carbocycles. The number of aromatic nitrogens is 1. The zero-order chi connectivity index (χ0) is 20.9. The minimum absolute atomic E-state index is 0.542. The Kier molecular flexibility index (Phi) is 4.11.